The van der Waals surface area contributed by atoms with E-state index in [-0.39, 0.29) is 0 Å². The molecule has 1 heterocycles. The summed E-state index contributed by atoms with van der Waals surface area (Å²) in [4.78, 5) is 0. The maximum absolute atomic E-state index is 5.45. The molecule has 0 atom stereocenters. The maximum Gasteiger partial charge on any atom is 0.0701 e. The number of halogens is 1. The summed E-state index contributed by atoms with van der Waals surface area (Å²) in [6, 6.07) is 2.16. The Morgan fingerprint density at radius 1 is 1.53 bits per heavy atom. The lowest BCUT2D eigenvalue weighted by atomic mass is 10.3. The predicted molar refractivity (Wildman–Crippen MR) is 69.4 cm³/mol. The maximum atomic E-state index is 5.45. The SMILES string of the molecule is CC(C)OCCCNCc1csc(Br)c1. The van der Waals surface area contributed by atoms with E-state index in [0.717, 1.165) is 26.1 Å². The summed E-state index contributed by atoms with van der Waals surface area (Å²) in [6.45, 7) is 6.94. The Morgan fingerprint density at radius 3 is 2.93 bits per heavy atom. The molecule has 1 N–H and O–H groups in total. The van der Waals surface area contributed by atoms with Crippen LogP contribution in [0.4, 0.5) is 0 Å². The van der Waals surface area contributed by atoms with Crippen molar-refractivity contribution in [1.29, 1.82) is 0 Å². The van der Waals surface area contributed by atoms with Crippen molar-refractivity contribution in [2.24, 2.45) is 0 Å². The summed E-state index contributed by atoms with van der Waals surface area (Å²) in [5, 5.41) is 5.56. The molecular formula is C11H18BrNOS. The lowest BCUT2D eigenvalue weighted by Crippen LogP contribution is -2.16. The minimum absolute atomic E-state index is 0.345. The van der Waals surface area contributed by atoms with Crippen molar-refractivity contribution >= 4 is 27.3 Å². The van der Waals surface area contributed by atoms with E-state index in [1.54, 1.807) is 11.3 Å². The molecule has 1 aromatic heterocycles. The second-order valence-electron chi connectivity index (χ2n) is 3.71. The summed E-state index contributed by atoms with van der Waals surface area (Å²) in [6.07, 6.45) is 1.42. The van der Waals surface area contributed by atoms with Gasteiger partial charge in [-0.1, -0.05) is 0 Å². The second kappa shape index (κ2) is 7.39. The first-order chi connectivity index (χ1) is 7.18. The molecule has 0 unspecified atom stereocenters. The Labute approximate surface area is 104 Å². The number of hydrogen-bond donors (Lipinski definition) is 1. The van der Waals surface area contributed by atoms with Gasteiger partial charge >= 0.3 is 0 Å². The Hall–Kier alpha value is 0.100. The predicted octanol–water partition coefficient (Wildman–Crippen LogP) is 3.42. The summed E-state index contributed by atoms with van der Waals surface area (Å²) in [5.41, 5.74) is 1.34. The minimum atomic E-state index is 0.345. The van der Waals surface area contributed by atoms with Gasteiger partial charge in [-0.2, -0.15) is 0 Å². The van der Waals surface area contributed by atoms with Crippen molar-refractivity contribution in [3.63, 3.8) is 0 Å². The van der Waals surface area contributed by atoms with Gasteiger partial charge < -0.3 is 10.1 Å². The molecule has 0 aliphatic carbocycles. The Bertz CT molecular complexity index is 275. The molecule has 0 saturated carbocycles. The van der Waals surface area contributed by atoms with Crippen molar-refractivity contribution in [3.8, 4) is 0 Å². The molecule has 1 rings (SSSR count). The second-order valence-corrected chi connectivity index (χ2v) is 6.00. The van der Waals surface area contributed by atoms with Crippen LogP contribution in [0, 0.1) is 0 Å². The van der Waals surface area contributed by atoms with Crippen LogP contribution in [0.1, 0.15) is 25.8 Å². The van der Waals surface area contributed by atoms with Crippen LogP contribution in [-0.4, -0.2) is 19.3 Å². The first-order valence-corrected chi connectivity index (χ1v) is 6.91. The van der Waals surface area contributed by atoms with Crippen LogP contribution >= 0.6 is 27.3 Å². The van der Waals surface area contributed by atoms with Gasteiger partial charge in [-0.25, -0.2) is 0 Å². The molecule has 1 aromatic rings. The smallest absolute Gasteiger partial charge is 0.0701 e. The third-order valence-corrected chi connectivity index (χ3v) is 3.45. The van der Waals surface area contributed by atoms with Crippen molar-refractivity contribution in [1.82, 2.24) is 5.32 Å². The van der Waals surface area contributed by atoms with Gasteiger partial charge in [-0.3, -0.25) is 0 Å². The van der Waals surface area contributed by atoms with Gasteiger partial charge in [0, 0.05) is 13.2 Å². The highest BCUT2D eigenvalue weighted by molar-refractivity contribution is 9.11. The Kier molecular flexibility index (Phi) is 6.48. The van der Waals surface area contributed by atoms with Gasteiger partial charge in [0.05, 0.1) is 9.89 Å². The molecule has 86 valence electrons. The largest absolute Gasteiger partial charge is 0.379 e. The average Bonchev–Trinajstić information content (AvgIpc) is 2.57. The highest BCUT2D eigenvalue weighted by Gasteiger charge is 1.97. The summed E-state index contributed by atoms with van der Waals surface area (Å²) >= 11 is 5.18. The summed E-state index contributed by atoms with van der Waals surface area (Å²) in [7, 11) is 0. The molecule has 0 bridgehead atoms. The van der Waals surface area contributed by atoms with Crippen LogP contribution in [0.5, 0.6) is 0 Å². The molecule has 0 saturated heterocycles. The quantitative estimate of drug-likeness (QED) is 0.778. The van der Waals surface area contributed by atoms with Crippen molar-refractivity contribution < 1.29 is 4.74 Å². The van der Waals surface area contributed by atoms with E-state index in [1.165, 1.54) is 9.35 Å². The van der Waals surface area contributed by atoms with Gasteiger partial charge in [0.2, 0.25) is 0 Å². The third-order valence-electron chi connectivity index (χ3n) is 1.90. The van der Waals surface area contributed by atoms with Crippen LogP contribution in [-0.2, 0) is 11.3 Å². The zero-order valence-corrected chi connectivity index (χ0v) is 11.7. The first-order valence-electron chi connectivity index (χ1n) is 5.23. The van der Waals surface area contributed by atoms with E-state index in [0.29, 0.717) is 6.10 Å². The Morgan fingerprint density at radius 2 is 2.33 bits per heavy atom. The number of ether oxygens (including phenoxy) is 1. The molecule has 4 heteroatoms. The van der Waals surface area contributed by atoms with Crippen LogP contribution in [0.25, 0.3) is 0 Å². The van der Waals surface area contributed by atoms with E-state index < -0.39 is 0 Å². The molecule has 0 aliphatic rings. The van der Waals surface area contributed by atoms with E-state index in [9.17, 15) is 0 Å². The van der Waals surface area contributed by atoms with Crippen molar-refractivity contribution in [2.45, 2.75) is 32.9 Å². The van der Waals surface area contributed by atoms with Crippen LogP contribution in [0.2, 0.25) is 0 Å². The number of thiophene rings is 1. The van der Waals surface area contributed by atoms with Gasteiger partial charge in [-0.05, 0) is 59.8 Å². The van der Waals surface area contributed by atoms with Crippen molar-refractivity contribution in [3.05, 3.63) is 20.8 Å². The Balaban J connectivity index is 1.98. The fourth-order valence-corrected chi connectivity index (χ4v) is 2.40. The number of hydrogen-bond acceptors (Lipinski definition) is 3. The van der Waals surface area contributed by atoms with Gasteiger partial charge in [0.25, 0.3) is 0 Å². The van der Waals surface area contributed by atoms with E-state index in [1.807, 2.05) is 0 Å². The topological polar surface area (TPSA) is 21.3 Å². The highest BCUT2D eigenvalue weighted by atomic mass is 79.9. The molecule has 0 spiro atoms. The number of nitrogens with one attached hydrogen (secondary N) is 1. The van der Waals surface area contributed by atoms with E-state index in [4.69, 9.17) is 4.74 Å². The zero-order chi connectivity index (χ0) is 11.1. The van der Waals surface area contributed by atoms with Crippen LogP contribution < -0.4 is 5.32 Å². The fraction of sp³-hybridized carbons (Fsp3) is 0.636. The average molecular weight is 292 g/mol. The number of rotatable bonds is 7. The first kappa shape index (κ1) is 13.2. The molecule has 2 nitrogen and oxygen atoms in total. The van der Waals surface area contributed by atoms with E-state index in [2.05, 4.69) is 46.5 Å². The third kappa shape index (κ3) is 6.30. The monoisotopic (exact) mass is 291 g/mol. The van der Waals surface area contributed by atoms with Crippen LogP contribution in [0.3, 0.4) is 0 Å². The zero-order valence-electron chi connectivity index (χ0n) is 9.25. The molecule has 15 heavy (non-hydrogen) atoms. The van der Waals surface area contributed by atoms with Gasteiger partial charge in [-0.15, -0.1) is 11.3 Å². The molecule has 0 aromatic carbocycles. The van der Waals surface area contributed by atoms with Crippen molar-refractivity contribution in [2.75, 3.05) is 13.2 Å². The molecule has 0 radical (unpaired) electrons. The highest BCUT2D eigenvalue weighted by Crippen LogP contribution is 2.20. The summed E-state index contributed by atoms with van der Waals surface area (Å²) < 4.78 is 6.65. The van der Waals surface area contributed by atoms with Gasteiger partial charge in [0.1, 0.15) is 0 Å². The van der Waals surface area contributed by atoms with Gasteiger partial charge in [0.15, 0.2) is 0 Å². The molecule has 0 fully saturated rings. The minimum Gasteiger partial charge on any atom is -0.379 e. The lowest BCUT2D eigenvalue weighted by Gasteiger charge is -2.07. The van der Waals surface area contributed by atoms with E-state index >= 15 is 0 Å². The normalized spacial score (nSPS) is 11.2. The molecule has 0 amide bonds. The molecular weight excluding hydrogens is 274 g/mol. The lowest BCUT2D eigenvalue weighted by molar-refractivity contribution is 0.0770. The standard InChI is InChI=1S/C11H18BrNOS/c1-9(2)14-5-3-4-13-7-10-6-11(12)15-8-10/h6,8-9,13H,3-5,7H2,1-2H3. The fourth-order valence-electron chi connectivity index (χ4n) is 1.19. The molecule has 0 aliphatic heterocycles. The van der Waals surface area contributed by atoms with Crippen LogP contribution in [0.15, 0.2) is 15.2 Å². The summed E-state index contributed by atoms with van der Waals surface area (Å²) in [5.74, 6) is 0.